The van der Waals surface area contributed by atoms with Crippen LogP contribution in [0.1, 0.15) is 31.8 Å². The summed E-state index contributed by atoms with van der Waals surface area (Å²) in [7, 11) is 5.42. The minimum Gasteiger partial charge on any atom is -0.267 e. The van der Waals surface area contributed by atoms with Crippen LogP contribution in [0.25, 0.3) is 0 Å². The Labute approximate surface area is 316 Å². The van der Waals surface area contributed by atoms with Crippen LogP contribution in [0.15, 0.2) is 153 Å². The lowest BCUT2D eigenvalue weighted by molar-refractivity contribution is 0.0814. The van der Waals surface area contributed by atoms with Crippen molar-refractivity contribution in [3.8, 4) is 0 Å². The van der Waals surface area contributed by atoms with Gasteiger partial charge in [-0.25, -0.2) is 20.0 Å². The number of aryl methyl sites for hydroxylation is 2. The summed E-state index contributed by atoms with van der Waals surface area (Å²) >= 11 is 0. The van der Waals surface area contributed by atoms with Crippen molar-refractivity contribution in [2.75, 3.05) is 0 Å². The molecule has 258 valence electrons. The zero-order valence-electron chi connectivity index (χ0n) is 27.8. The first-order valence-electron chi connectivity index (χ1n) is 16.0. The van der Waals surface area contributed by atoms with Gasteiger partial charge in [0.25, 0.3) is 11.8 Å². The van der Waals surface area contributed by atoms with Crippen molar-refractivity contribution in [2.45, 2.75) is 13.8 Å². The minimum atomic E-state index is -0.361. The molecule has 2 aliphatic heterocycles. The van der Waals surface area contributed by atoms with Crippen LogP contribution >= 0.6 is 43.2 Å². The number of carbonyl (C=O) groups excluding carboxylic acids is 2. The molecule has 0 atom stereocenters. The molecule has 2 aliphatic rings. The molecule has 0 spiro atoms. The highest BCUT2D eigenvalue weighted by molar-refractivity contribution is 8.87. The zero-order valence-corrected chi connectivity index (χ0v) is 31.1. The van der Waals surface area contributed by atoms with Crippen molar-refractivity contribution in [1.82, 2.24) is 20.9 Å². The van der Waals surface area contributed by atoms with Gasteiger partial charge in [-0.15, -0.1) is 0 Å². The molecule has 2 amide bonds. The Morgan fingerprint density at radius 1 is 0.462 bits per heavy atom. The van der Waals surface area contributed by atoms with Crippen LogP contribution in [0.4, 0.5) is 22.7 Å². The van der Waals surface area contributed by atoms with E-state index >= 15 is 0 Å². The van der Waals surface area contributed by atoms with E-state index in [-0.39, 0.29) is 11.8 Å². The lowest BCUT2D eigenvalue weighted by Crippen LogP contribution is -2.50. The molecule has 0 aliphatic carbocycles. The number of amides is 2. The molecule has 10 nitrogen and oxygen atoms in total. The fourth-order valence-corrected chi connectivity index (χ4v) is 8.50. The Bertz CT molecular complexity index is 2070. The summed E-state index contributed by atoms with van der Waals surface area (Å²) in [5.74, 6) is -0.722. The van der Waals surface area contributed by atoms with Crippen molar-refractivity contribution in [3.63, 3.8) is 0 Å². The van der Waals surface area contributed by atoms with E-state index in [1.54, 1.807) is 24.3 Å². The van der Waals surface area contributed by atoms with Gasteiger partial charge in [-0.2, -0.15) is 10.0 Å². The fourth-order valence-electron chi connectivity index (χ4n) is 4.92. The summed E-state index contributed by atoms with van der Waals surface area (Å²) in [6, 6.07) is 41.0. The van der Waals surface area contributed by atoms with E-state index in [2.05, 4.69) is 10.9 Å². The molecule has 2 fully saturated rings. The Morgan fingerprint density at radius 2 is 0.846 bits per heavy atom. The van der Waals surface area contributed by atoms with Gasteiger partial charge in [0.2, 0.25) is 10.3 Å². The van der Waals surface area contributed by atoms with Crippen molar-refractivity contribution in [2.24, 2.45) is 20.0 Å². The van der Waals surface area contributed by atoms with Crippen LogP contribution in [0, 0.1) is 13.8 Å². The number of para-hydroxylation sites is 2. The normalized spacial score (nSPS) is 17.7. The highest BCUT2D eigenvalue weighted by Crippen LogP contribution is 2.35. The van der Waals surface area contributed by atoms with Crippen LogP contribution in [-0.4, -0.2) is 42.5 Å². The van der Waals surface area contributed by atoms with Gasteiger partial charge in [0, 0.05) is 11.1 Å². The lowest BCUT2D eigenvalue weighted by Gasteiger charge is -2.30. The highest BCUT2D eigenvalue weighted by atomic mass is 33.1. The maximum absolute atomic E-state index is 14.1. The van der Waals surface area contributed by atoms with Gasteiger partial charge in [-0.1, -0.05) is 60.7 Å². The summed E-state index contributed by atoms with van der Waals surface area (Å²) in [6.45, 7) is 4.01. The van der Waals surface area contributed by atoms with Crippen LogP contribution < -0.4 is 10.9 Å². The number of hydrazine groups is 2. The molecule has 0 aromatic heterocycles. The summed E-state index contributed by atoms with van der Waals surface area (Å²) in [6.07, 6.45) is 0. The Balaban J connectivity index is 1.16. The highest BCUT2D eigenvalue weighted by Gasteiger charge is 2.31. The van der Waals surface area contributed by atoms with Gasteiger partial charge in [-0.3, -0.25) is 20.4 Å². The monoisotopic (exact) mass is 758 g/mol. The van der Waals surface area contributed by atoms with E-state index in [1.165, 1.54) is 53.2 Å². The first kappa shape index (κ1) is 35.1. The first-order chi connectivity index (χ1) is 25.4. The molecule has 7 rings (SSSR count). The van der Waals surface area contributed by atoms with Crippen LogP contribution in [0.2, 0.25) is 0 Å². The Kier molecular flexibility index (Phi) is 11.1. The molecule has 0 unspecified atom stereocenters. The third-order valence-electron chi connectivity index (χ3n) is 7.40. The molecule has 0 radical (unpaired) electrons. The van der Waals surface area contributed by atoms with Crippen LogP contribution in [-0.2, 0) is 0 Å². The molecule has 5 aromatic carbocycles. The smallest absolute Gasteiger partial charge is 0.267 e. The summed E-state index contributed by atoms with van der Waals surface area (Å²) < 4.78 is 0. The predicted octanol–water partition coefficient (Wildman–Crippen LogP) is 9.74. The van der Waals surface area contributed by atoms with Crippen molar-refractivity contribution in [3.05, 3.63) is 156 Å². The SMILES string of the molecule is Cc1cccc(N=C2NN(C(=O)c3ccc(C(=O)N4NC(=Nc5cccc(C)c5)SSC4=Nc4ccccc4)cc3)C(=Nc3ccccc3)SS2)c1. The lowest BCUT2D eigenvalue weighted by atomic mass is 10.1. The topological polar surface area (TPSA) is 114 Å². The van der Waals surface area contributed by atoms with Crippen LogP contribution in [0.5, 0.6) is 0 Å². The number of hydrogen-bond acceptors (Lipinski definition) is 10. The maximum Gasteiger partial charge on any atom is 0.278 e. The van der Waals surface area contributed by atoms with Crippen molar-refractivity contribution >= 4 is 98.4 Å². The second-order valence-corrected chi connectivity index (χ2v) is 15.6. The van der Waals surface area contributed by atoms with Gasteiger partial charge in [0.15, 0.2) is 10.3 Å². The van der Waals surface area contributed by atoms with E-state index in [1.807, 2.05) is 123 Å². The van der Waals surface area contributed by atoms with E-state index in [0.29, 0.717) is 43.2 Å². The molecule has 5 aromatic rings. The minimum absolute atomic E-state index is 0.351. The van der Waals surface area contributed by atoms with Crippen molar-refractivity contribution < 1.29 is 9.59 Å². The molecule has 2 N–H and O–H groups in total. The number of hydrogen-bond donors (Lipinski definition) is 2. The van der Waals surface area contributed by atoms with Crippen LogP contribution in [0.3, 0.4) is 0 Å². The number of nitrogens with one attached hydrogen (secondary N) is 2. The summed E-state index contributed by atoms with van der Waals surface area (Å²) in [4.78, 5) is 47.1. The maximum atomic E-state index is 14.1. The predicted molar refractivity (Wildman–Crippen MR) is 219 cm³/mol. The van der Waals surface area contributed by atoms with Gasteiger partial charge in [0.1, 0.15) is 0 Å². The third-order valence-corrected chi connectivity index (χ3v) is 11.4. The van der Waals surface area contributed by atoms with E-state index in [4.69, 9.17) is 20.0 Å². The summed E-state index contributed by atoms with van der Waals surface area (Å²) in [5.41, 5.74) is 12.1. The third kappa shape index (κ3) is 8.77. The quantitative estimate of drug-likeness (QED) is 0.165. The molecule has 2 saturated heterocycles. The van der Waals surface area contributed by atoms with Gasteiger partial charge < -0.3 is 0 Å². The largest absolute Gasteiger partial charge is 0.278 e. The summed E-state index contributed by atoms with van der Waals surface area (Å²) in [5, 5.41) is 4.72. The van der Waals surface area contributed by atoms with E-state index in [9.17, 15) is 9.59 Å². The molecule has 0 bridgehead atoms. The number of aliphatic imine (C=N–C) groups is 4. The number of rotatable bonds is 6. The fraction of sp³-hybridized carbons (Fsp3) is 0.0526. The molecule has 0 saturated carbocycles. The molecule has 14 heteroatoms. The van der Waals surface area contributed by atoms with Crippen molar-refractivity contribution in [1.29, 1.82) is 0 Å². The van der Waals surface area contributed by atoms with Gasteiger partial charge in [0.05, 0.1) is 22.7 Å². The van der Waals surface area contributed by atoms with E-state index < -0.39 is 0 Å². The molecular weight excluding hydrogens is 729 g/mol. The average Bonchev–Trinajstić information content (AvgIpc) is 3.16. The standard InChI is InChI=1S/C38H30N8O2S4/c1-25-11-9-17-31(23-25)39-35-43-45(37(51-49-35)41-29-13-5-3-6-14-29)33(47)27-19-21-28(22-20-27)34(48)46-38(42-30-15-7-4-8-16-30)52-50-36(44-46)40-32-18-10-12-26(2)24-32/h3-24H,1-2H3,(H,39,43)(H,40,44). The number of carbonyl (C=O) groups is 2. The van der Waals surface area contributed by atoms with Gasteiger partial charge >= 0.3 is 0 Å². The number of benzene rings is 5. The number of amidine groups is 4. The van der Waals surface area contributed by atoms with E-state index in [0.717, 1.165) is 22.5 Å². The second kappa shape index (κ2) is 16.4. The van der Waals surface area contributed by atoms with Gasteiger partial charge in [-0.05, 0) is 141 Å². The number of nitrogens with zero attached hydrogens (tertiary/aromatic N) is 6. The molecular formula is C38H30N8O2S4. The Morgan fingerprint density at radius 3 is 1.23 bits per heavy atom. The second-order valence-electron chi connectivity index (χ2n) is 11.4. The average molecular weight is 759 g/mol. The Hall–Kier alpha value is -5.28. The first-order valence-corrected chi connectivity index (χ1v) is 20.3. The molecule has 2 heterocycles. The molecule has 52 heavy (non-hydrogen) atoms. The zero-order chi connectivity index (χ0) is 35.9.